The highest BCUT2D eigenvalue weighted by molar-refractivity contribution is 6.42. The number of fused-ring (bicyclic) bond motifs is 1. The summed E-state index contributed by atoms with van der Waals surface area (Å²) in [7, 11) is 0. The first-order valence-electron chi connectivity index (χ1n) is 6.50. The van der Waals surface area contributed by atoms with Crippen molar-refractivity contribution in [2.75, 3.05) is 6.61 Å². The highest BCUT2D eigenvalue weighted by atomic mass is 35.5. The molecular formula is C16H15Cl2NO. The summed E-state index contributed by atoms with van der Waals surface area (Å²) in [4.78, 5) is 0. The molecule has 2 N–H and O–H groups in total. The van der Waals surface area contributed by atoms with E-state index < -0.39 is 5.54 Å². The van der Waals surface area contributed by atoms with Gasteiger partial charge >= 0.3 is 0 Å². The van der Waals surface area contributed by atoms with Gasteiger partial charge in [-0.05, 0) is 36.1 Å². The van der Waals surface area contributed by atoms with Crippen molar-refractivity contribution in [2.45, 2.75) is 18.4 Å². The molecule has 104 valence electrons. The monoisotopic (exact) mass is 307 g/mol. The average Bonchev–Trinajstić information content (AvgIpc) is 2.44. The van der Waals surface area contributed by atoms with E-state index in [9.17, 15) is 0 Å². The van der Waals surface area contributed by atoms with Crippen LogP contribution in [0.2, 0.25) is 10.0 Å². The molecule has 1 aliphatic heterocycles. The van der Waals surface area contributed by atoms with Crippen LogP contribution in [-0.4, -0.2) is 12.1 Å². The van der Waals surface area contributed by atoms with Crippen molar-refractivity contribution in [3.05, 3.63) is 63.6 Å². The number of hydrogen-bond acceptors (Lipinski definition) is 2. The lowest BCUT2D eigenvalue weighted by atomic mass is 9.84. The number of hydrogen-bond donors (Lipinski definition) is 1. The Hall–Kier alpha value is -1.22. The summed E-state index contributed by atoms with van der Waals surface area (Å²) in [6.45, 7) is 0.479. The zero-order chi connectivity index (χ0) is 14.2. The molecule has 1 atom stereocenters. The number of benzene rings is 2. The van der Waals surface area contributed by atoms with E-state index in [1.165, 1.54) is 0 Å². The predicted octanol–water partition coefficient (Wildman–Crippen LogP) is 3.87. The second-order valence-corrected chi connectivity index (χ2v) is 6.11. The summed E-state index contributed by atoms with van der Waals surface area (Å²) in [5, 5.41) is 1.14. The first-order valence-corrected chi connectivity index (χ1v) is 7.25. The van der Waals surface area contributed by atoms with Crippen molar-refractivity contribution in [3.63, 3.8) is 0 Å². The van der Waals surface area contributed by atoms with Gasteiger partial charge in [0.2, 0.25) is 0 Å². The second-order valence-electron chi connectivity index (χ2n) is 5.33. The Kier molecular flexibility index (Phi) is 3.63. The maximum Gasteiger partial charge on any atom is 0.122 e. The van der Waals surface area contributed by atoms with Crippen molar-refractivity contribution < 1.29 is 4.74 Å². The topological polar surface area (TPSA) is 35.2 Å². The van der Waals surface area contributed by atoms with Gasteiger partial charge in [0, 0.05) is 0 Å². The van der Waals surface area contributed by atoms with E-state index in [1.807, 2.05) is 30.3 Å². The van der Waals surface area contributed by atoms with Crippen LogP contribution >= 0.6 is 23.2 Å². The fraction of sp³-hybridized carbons (Fsp3) is 0.250. The molecule has 0 radical (unpaired) electrons. The molecule has 0 saturated carbocycles. The fourth-order valence-electron chi connectivity index (χ4n) is 2.62. The van der Waals surface area contributed by atoms with Crippen molar-refractivity contribution in [2.24, 2.45) is 5.73 Å². The first kappa shape index (κ1) is 13.7. The molecule has 0 aliphatic carbocycles. The van der Waals surface area contributed by atoms with Crippen molar-refractivity contribution in [1.29, 1.82) is 0 Å². The number of para-hydroxylation sites is 1. The number of halogens is 2. The molecule has 3 rings (SSSR count). The normalized spacial score (nSPS) is 21.1. The van der Waals surface area contributed by atoms with Gasteiger partial charge in [0.1, 0.15) is 12.4 Å². The maximum atomic E-state index is 6.50. The molecule has 0 fully saturated rings. The molecule has 0 aromatic heterocycles. The van der Waals surface area contributed by atoms with Crippen LogP contribution in [0, 0.1) is 0 Å². The van der Waals surface area contributed by atoms with E-state index in [2.05, 4.69) is 6.07 Å². The highest BCUT2D eigenvalue weighted by Gasteiger charge is 2.32. The summed E-state index contributed by atoms with van der Waals surface area (Å²) in [5.41, 5.74) is 8.14. The zero-order valence-corrected chi connectivity index (χ0v) is 12.4. The molecule has 0 saturated heterocycles. The molecular weight excluding hydrogens is 293 g/mol. The van der Waals surface area contributed by atoms with Crippen LogP contribution in [0.4, 0.5) is 0 Å². The molecule has 2 aromatic carbocycles. The van der Waals surface area contributed by atoms with Crippen LogP contribution < -0.4 is 10.5 Å². The van der Waals surface area contributed by atoms with E-state index in [0.29, 0.717) is 23.1 Å². The van der Waals surface area contributed by atoms with Crippen molar-refractivity contribution in [3.8, 4) is 5.75 Å². The van der Waals surface area contributed by atoms with Crippen LogP contribution in [0.15, 0.2) is 42.5 Å². The maximum absolute atomic E-state index is 6.50. The summed E-state index contributed by atoms with van der Waals surface area (Å²) in [6.07, 6.45) is 1.41. The summed E-state index contributed by atoms with van der Waals surface area (Å²) in [6, 6.07) is 13.6. The Balaban J connectivity index is 1.86. The van der Waals surface area contributed by atoms with Crippen molar-refractivity contribution in [1.82, 2.24) is 0 Å². The van der Waals surface area contributed by atoms with E-state index in [4.69, 9.17) is 33.7 Å². The summed E-state index contributed by atoms with van der Waals surface area (Å²) >= 11 is 12.3. The van der Waals surface area contributed by atoms with Crippen LogP contribution in [0.25, 0.3) is 0 Å². The number of rotatable bonds is 2. The van der Waals surface area contributed by atoms with Crippen LogP contribution in [0.5, 0.6) is 5.75 Å². The Bertz CT molecular complexity index is 644. The third kappa shape index (κ3) is 2.64. The molecule has 0 bridgehead atoms. The lowest BCUT2D eigenvalue weighted by molar-refractivity contribution is 0.190. The molecule has 1 aliphatic rings. The van der Waals surface area contributed by atoms with Crippen LogP contribution in [0.3, 0.4) is 0 Å². The average molecular weight is 308 g/mol. The van der Waals surface area contributed by atoms with E-state index in [1.54, 1.807) is 6.07 Å². The van der Waals surface area contributed by atoms with Crippen LogP contribution in [-0.2, 0) is 12.8 Å². The van der Waals surface area contributed by atoms with Gasteiger partial charge in [-0.25, -0.2) is 0 Å². The number of ether oxygens (including phenoxy) is 1. The Morgan fingerprint density at radius 3 is 2.75 bits per heavy atom. The Morgan fingerprint density at radius 1 is 1.10 bits per heavy atom. The minimum absolute atomic E-state index is 0.456. The molecule has 0 spiro atoms. The molecule has 2 nitrogen and oxygen atoms in total. The van der Waals surface area contributed by atoms with Crippen molar-refractivity contribution >= 4 is 23.2 Å². The molecule has 1 heterocycles. The predicted molar refractivity (Wildman–Crippen MR) is 82.7 cm³/mol. The Morgan fingerprint density at radius 2 is 1.90 bits per heavy atom. The van der Waals surface area contributed by atoms with Gasteiger partial charge in [0.15, 0.2) is 0 Å². The zero-order valence-electron chi connectivity index (χ0n) is 10.9. The largest absolute Gasteiger partial charge is 0.491 e. The third-order valence-corrected chi connectivity index (χ3v) is 4.46. The number of nitrogens with two attached hydrogens (primary N) is 1. The van der Waals surface area contributed by atoms with E-state index >= 15 is 0 Å². The summed E-state index contributed by atoms with van der Waals surface area (Å²) < 4.78 is 5.78. The first-order chi connectivity index (χ1) is 9.57. The fourth-order valence-corrected chi connectivity index (χ4v) is 3.01. The van der Waals surface area contributed by atoms with Gasteiger partial charge in [-0.2, -0.15) is 0 Å². The minimum Gasteiger partial charge on any atom is -0.491 e. The SMILES string of the molecule is NC1(Cc2cccc(Cl)c2Cl)COc2ccccc2C1. The van der Waals surface area contributed by atoms with Gasteiger partial charge < -0.3 is 10.5 Å². The van der Waals surface area contributed by atoms with Gasteiger partial charge in [-0.1, -0.05) is 53.5 Å². The van der Waals surface area contributed by atoms with Gasteiger partial charge in [-0.3, -0.25) is 0 Å². The minimum atomic E-state index is -0.456. The van der Waals surface area contributed by atoms with Gasteiger partial charge in [0.25, 0.3) is 0 Å². The second kappa shape index (κ2) is 5.28. The molecule has 1 unspecified atom stereocenters. The molecule has 4 heteroatoms. The highest BCUT2D eigenvalue weighted by Crippen LogP contribution is 2.33. The standard InChI is InChI=1S/C16H15Cl2NO/c17-13-6-3-5-12(15(13)18)9-16(19)8-11-4-1-2-7-14(11)20-10-16/h1-7H,8-10,19H2. The van der Waals surface area contributed by atoms with E-state index in [-0.39, 0.29) is 0 Å². The Labute approximate surface area is 128 Å². The third-order valence-electron chi connectivity index (χ3n) is 3.60. The van der Waals surface area contributed by atoms with Gasteiger partial charge in [-0.15, -0.1) is 0 Å². The lowest BCUT2D eigenvalue weighted by Crippen LogP contribution is -2.51. The van der Waals surface area contributed by atoms with Crippen LogP contribution in [0.1, 0.15) is 11.1 Å². The van der Waals surface area contributed by atoms with Gasteiger partial charge in [0.05, 0.1) is 15.6 Å². The lowest BCUT2D eigenvalue weighted by Gasteiger charge is -2.35. The summed E-state index contributed by atoms with van der Waals surface area (Å²) in [5.74, 6) is 0.922. The van der Waals surface area contributed by atoms with E-state index in [0.717, 1.165) is 23.3 Å². The molecule has 20 heavy (non-hydrogen) atoms. The molecule has 2 aromatic rings. The molecule has 0 amide bonds. The quantitative estimate of drug-likeness (QED) is 0.914. The smallest absolute Gasteiger partial charge is 0.122 e.